The van der Waals surface area contributed by atoms with Crippen molar-refractivity contribution in [3.8, 4) is 11.5 Å². The van der Waals surface area contributed by atoms with Gasteiger partial charge in [0.25, 0.3) is 0 Å². The van der Waals surface area contributed by atoms with Gasteiger partial charge in [0.15, 0.2) is 0 Å². The number of benzene rings is 2. The van der Waals surface area contributed by atoms with Gasteiger partial charge in [-0.2, -0.15) is 0 Å². The van der Waals surface area contributed by atoms with E-state index in [9.17, 15) is 10.2 Å². The summed E-state index contributed by atoms with van der Waals surface area (Å²) < 4.78 is 6.27. The van der Waals surface area contributed by atoms with E-state index in [0.29, 0.717) is 0 Å². The van der Waals surface area contributed by atoms with Crippen molar-refractivity contribution in [2.24, 2.45) is 10.8 Å². The van der Waals surface area contributed by atoms with Gasteiger partial charge in [-0.1, -0.05) is 69.2 Å². The molecule has 0 saturated carbocycles. The Kier molecular flexibility index (Phi) is 5.45. The lowest BCUT2D eigenvalue weighted by Crippen LogP contribution is -2.24. The van der Waals surface area contributed by atoms with Crippen molar-refractivity contribution in [1.82, 2.24) is 0 Å². The van der Waals surface area contributed by atoms with Crippen molar-refractivity contribution >= 4 is 21.9 Å². The Morgan fingerprint density at radius 3 is 1.19 bits per heavy atom. The maximum atomic E-state index is 10.9. The third kappa shape index (κ3) is 4.86. The molecule has 1 heterocycles. The summed E-state index contributed by atoms with van der Waals surface area (Å²) in [6, 6.07) is 7.54. The highest BCUT2D eigenvalue weighted by Crippen LogP contribution is 2.46. The summed E-state index contributed by atoms with van der Waals surface area (Å²) in [5.41, 5.74) is 3.16. The molecule has 3 rings (SSSR count). The third-order valence-corrected chi connectivity index (χ3v) is 6.11. The minimum atomic E-state index is -0.197. The third-order valence-electron chi connectivity index (χ3n) is 6.11. The van der Waals surface area contributed by atoms with Crippen LogP contribution in [0.25, 0.3) is 21.9 Å². The van der Waals surface area contributed by atoms with E-state index in [0.717, 1.165) is 45.9 Å². The van der Waals surface area contributed by atoms with Crippen molar-refractivity contribution in [3.63, 3.8) is 0 Å². The van der Waals surface area contributed by atoms with Gasteiger partial charge in [0.2, 0.25) is 0 Å². The second kappa shape index (κ2) is 7.18. The van der Waals surface area contributed by atoms with Crippen LogP contribution in [0.3, 0.4) is 0 Å². The van der Waals surface area contributed by atoms with Crippen LogP contribution < -0.4 is 0 Å². The number of hydrogen-bond acceptors (Lipinski definition) is 3. The Balaban J connectivity index is 2.17. The van der Waals surface area contributed by atoms with Gasteiger partial charge in [-0.25, -0.2) is 0 Å². The first-order chi connectivity index (χ1) is 13.9. The highest BCUT2D eigenvalue weighted by molar-refractivity contribution is 6.06. The number of rotatable bonds is 4. The van der Waals surface area contributed by atoms with Crippen LogP contribution in [0.5, 0.6) is 11.5 Å². The van der Waals surface area contributed by atoms with Crippen LogP contribution in [-0.4, -0.2) is 10.2 Å². The summed E-state index contributed by atoms with van der Waals surface area (Å²) in [6.45, 7) is 22.0. The van der Waals surface area contributed by atoms with Crippen molar-refractivity contribution in [1.29, 1.82) is 0 Å². The van der Waals surface area contributed by atoms with Gasteiger partial charge in [0.05, 0.1) is 0 Å². The Labute approximate surface area is 187 Å². The molecular formula is C28H40O3. The summed E-state index contributed by atoms with van der Waals surface area (Å²) >= 11 is 0. The first kappa shape index (κ1) is 23.5. The lowest BCUT2D eigenvalue weighted by atomic mass is 9.71. The maximum absolute atomic E-state index is 10.9. The van der Waals surface area contributed by atoms with Crippen LogP contribution >= 0.6 is 0 Å². The number of phenolic OH excluding ortho intramolecular Hbond substituents is 2. The molecule has 0 saturated heterocycles. The largest absolute Gasteiger partial charge is 0.508 e. The zero-order valence-electron chi connectivity index (χ0n) is 21.0. The lowest BCUT2D eigenvalue weighted by molar-refractivity contribution is 0.278. The van der Waals surface area contributed by atoms with E-state index in [2.05, 4.69) is 69.2 Å². The van der Waals surface area contributed by atoms with E-state index in [1.165, 1.54) is 0 Å². The maximum Gasteiger partial charge on any atom is 0.135 e. The van der Waals surface area contributed by atoms with Crippen LogP contribution in [0.2, 0.25) is 0 Å². The highest BCUT2D eigenvalue weighted by Gasteiger charge is 2.32. The van der Waals surface area contributed by atoms with E-state index in [4.69, 9.17) is 4.42 Å². The highest BCUT2D eigenvalue weighted by atomic mass is 16.3. The zero-order valence-corrected chi connectivity index (χ0v) is 21.0. The Morgan fingerprint density at radius 1 is 0.581 bits per heavy atom. The number of phenols is 2. The van der Waals surface area contributed by atoms with E-state index in [1.807, 2.05) is 12.1 Å². The minimum absolute atomic E-state index is 0.137. The fourth-order valence-electron chi connectivity index (χ4n) is 5.77. The van der Waals surface area contributed by atoms with Gasteiger partial charge < -0.3 is 14.6 Å². The smallest absolute Gasteiger partial charge is 0.135 e. The minimum Gasteiger partial charge on any atom is -0.508 e. The van der Waals surface area contributed by atoms with Crippen LogP contribution in [0.1, 0.15) is 93.2 Å². The molecule has 0 aliphatic rings. The van der Waals surface area contributed by atoms with E-state index < -0.39 is 0 Å². The summed E-state index contributed by atoms with van der Waals surface area (Å²) in [4.78, 5) is 0. The topological polar surface area (TPSA) is 53.6 Å². The average molecular weight is 425 g/mol. The molecule has 2 aromatic carbocycles. The van der Waals surface area contributed by atoms with E-state index >= 15 is 0 Å². The predicted molar refractivity (Wildman–Crippen MR) is 131 cm³/mol. The van der Waals surface area contributed by atoms with Gasteiger partial charge in [0, 0.05) is 21.9 Å². The first-order valence-corrected chi connectivity index (χ1v) is 11.3. The SMILES string of the molecule is CC(C)(C)CC(C)(C)c1cc2oc3cc(C(C)(C)CC(C)(C)C)c(O)cc3c2cc1O. The first-order valence-electron chi connectivity index (χ1n) is 11.3. The molecule has 1 aromatic heterocycles. The molecule has 0 bridgehead atoms. The van der Waals surface area contributed by atoms with Crippen molar-refractivity contribution in [3.05, 3.63) is 35.4 Å². The summed E-state index contributed by atoms with van der Waals surface area (Å²) in [5.74, 6) is 0.558. The molecule has 3 heteroatoms. The number of furan rings is 1. The van der Waals surface area contributed by atoms with E-state index in [-0.39, 0.29) is 33.2 Å². The van der Waals surface area contributed by atoms with Crippen LogP contribution in [0.4, 0.5) is 0 Å². The fraction of sp³-hybridized carbons (Fsp3) is 0.571. The molecule has 2 N–H and O–H groups in total. The van der Waals surface area contributed by atoms with Crippen LogP contribution in [-0.2, 0) is 10.8 Å². The van der Waals surface area contributed by atoms with Crippen molar-refractivity contribution in [2.75, 3.05) is 0 Å². The van der Waals surface area contributed by atoms with Crippen LogP contribution in [0, 0.1) is 10.8 Å². The van der Waals surface area contributed by atoms with Gasteiger partial charge in [0.1, 0.15) is 22.7 Å². The lowest BCUT2D eigenvalue weighted by Gasteiger charge is -2.33. The normalized spacial score (nSPS) is 14.0. The number of fused-ring (bicyclic) bond motifs is 3. The van der Waals surface area contributed by atoms with E-state index in [1.54, 1.807) is 12.1 Å². The molecule has 0 radical (unpaired) electrons. The van der Waals surface area contributed by atoms with Crippen molar-refractivity contribution in [2.45, 2.75) is 92.9 Å². The summed E-state index contributed by atoms with van der Waals surface area (Å²) in [6.07, 6.45) is 1.87. The molecule has 0 atom stereocenters. The summed E-state index contributed by atoms with van der Waals surface area (Å²) in [7, 11) is 0. The molecule has 0 aliphatic carbocycles. The number of aromatic hydroxyl groups is 2. The molecule has 3 nitrogen and oxygen atoms in total. The number of hydrogen-bond donors (Lipinski definition) is 2. The quantitative estimate of drug-likeness (QED) is 0.442. The zero-order chi connectivity index (χ0) is 23.6. The van der Waals surface area contributed by atoms with Crippen molar-refractivity contribution < 1.29 is 14.6 Å². The van der Waals surface area contributed by atoms with Gasteiger partial charge in [-0.05, 0) is 58.8 Å². The summed E-state index contributed by atoms with van der Waals surface area (Å²) in [5, 5.41) is 23.5. The second-order valence-corrected chi connectivity index (χ2v) is 13.1. The molecule has 0 fully saturated rings. The van der Waals surface area contributed by atoms with Gasteiger partial charge in [-0.15, -0.1) is 0 Å². The molecule has 0 unspecified atom stereocenters. The van der Waals surface area contributed by atoms with Gasteiger partial charge in [-0.3, -0.25) is 0 Å². The molecule has 31 heavy (non-hydrogen) atoms. The molecule has 0 aliphatic heterocycles. The van der Waals surface area contributed by atoms with Crippen LogP contribution in [0.15, 0.2) is 28.7 Å². The average Bonchev–Trinajstić information content (AvgIpc) is 2.85. The fourth-order valence-corrected chi connectivity index (χ4v) is 5.77. The molecular weight excluding hydrogens is 384 g/mol. The standard InChI is InChI=1S/C28H40O3/c1-25(2,3)15-27(7,8)19-13-23-17(11-21(19)29)18-12-22(30)20(14-24(18)31-23)28(9,10)16-26(4,5)6/h11-14,29-30H,15-16H2,1-10H3. The molecule has 0 spiro atoms. The second-order valence-electron chi connectivity index (χ2n) is 13.1. The monoisotopic (exact) mass is 424 g/mol. The Bertz CT molecular complexity index is 1030. The van der Waals surface area contributed by atoms with Gasteiger partial charge >= 0.3 is 0 Å². The molecule has 3 aromatic rings. The molecule has 0 amide bonds. The predicted octanol–water partition coefficient (Wildman–Crippen LogP) is 8.42. The Hall–Kier alpha value is -2.16. The molecule has 170 valence electrons. The Morgan fingerprint density at radius 2 is 0.903 bits per heavy atom.